The zero-order valence-electron chi connectivity index (χ0n) is 17.6. The van der Waals surface area contributed by atoms with Gasteiger partial charge in [-0.2, -0.15) is 0 Å². The molecule has 0 aromatic heterocycles. The molecule has 5 heteroatoms. The largest absolute Gasteiger partial charge is 0.384 e. The van der Waals surface area contributed by atoms with Gasteiger partial charge in [-0.25, -0.2) is 0 Å². The highest BCUT2D eigenvalue weighted by molar-refractivity contribution is 5.76. The maximum absolute atomic E-state index is 12.7. The second kappa shape index (κ2) is 10.9. The van der Waals surface area contributed by atoms with Crippen LogP contribution in [0.3, 0.4) is 0 Å². The molecule has 0 N–H and O–H groups in total. The summed E-state index contributed by atoms with van der Waals surface area (Å²) < 4.78 is 10.9. The summed E-state index contributed by atoms with van der Waals surface area (Å²) in [5.41, 5.74) is 2.80. The van der Waals surface area contributed by atoms with Crippen LogP contribution in [0.15, 0.2) is 24.3 Å². The Bertz CT molecular complexity index is 608. The fourth-order valence-corrected chi connectivity index (χ4v) is 4.33. The predicted octanol–water partition coefficient (Wildman–Crippen LogP) is 3.25. The van der Waals surface area contributed by atoms with E-state index in [0.29, 0.717) is 18.9 Å². The predicted molar refractivity (Wildman–Crippen MR) is 111 cm³/mol. The van der Waals surface area contributed by atoms with Crippen molar-refractivity contribution in [3.63, 3.8) is 0 Å². The standard InChI is InChI=1S/C23H36N2O3/c1-19-6-3-4-7-21(19)17-24-12-9-20(10-13-24)16-25(23(26)11-15-27-2)18-22-8-5-14-28-22/h3-4,6-7,20,22H,5,8-18H2,1-2H3. The van der Waals surface area contributed by atoms with Gasteiger partial charge in [-0.1, -0.05) is 24.3 Å². The van der Waals surface area contributed by atoms with E-state index in [0.717, 1.165) is 65.0 Å². The molecule has 1 amide bonds. The highest BCUT2D eigenvalue weighted by atomic mass is 16.5. The van der Waals surface area contributed by atoms with E-state index in [1.54, 1.807) is 7.11 Å². The van der Waals surface area contributed by atoms with Gasteiger partial charge in [-0.05, 0) is 62.7 Å². The van der Waals surface area contributed by atoms with Crippen LogP contribution < -0.4 is 0 Å². The van der Waals surface area contributed by atoms with Gasteiger partial charge in [0.05, 0.1) is 19.1 Å². The summed E-state index contributed by atoms with van der Waals surface area (Å²) in [6.45, 7) is 8.38. The highest BCUT2D eigenvalue weighted by Crippen LogP contribution is 2.23. The Hall–Kier alpha value is -1.43. The third kappa shape index (κ3) is 6.29. The molecule has 0 radical (unpaired) electrons. The number of carbonyl (C=O) groups is 1. The number of aryl methyl sites for hydroxylation is 1. The molecule has 1 atom stereocenters. The summed E-state index contributed by atoms with van der Waals surface area (Å²) in [6, 6.07) is 8.66. The quantitative estimate of drug-likeness (QED) is 0.651. The van der Waals surface area contributed by atoms with E-state index in [1.165, 1.54) is 11.1 Å². The summed E-state index contributed by atoms with van der Waals surface area (Å²) in [6.07, 6.45) is 5.18. The summed E-state index contributed by atoms with van der Waals surface area (Å²) in [5, 5.41) is 0. The minimum atomic E-state index is 0.208. The number of ether oxygens (including phenoxy) is 2. The molecule has 28 heavy (non-hydrogen) atoms. The topological polar surface area (TPSA) is 42.0 Å². The second-order valence-corrected chi connectivity index (χ2v) is 8.32. The van der Waals surface area contributed by atoms with Crippen molar-refractivity contribution < 1.29 is 14.3 Å². The van der Waals surface area contributed by atoms with Crippen LogP contribution >= 0.6 is 0 Å². The molecule has 2 aliphatic heterocycles. The highest BCUT2D eigenvalue weighted by Gasteiger charge is 2.27. The summed E-state index contributed by atoms with van der Waals surface area (Å²) >= 11 is 0. The number of nitrogens with zero attached hydrogens (tertiary/aromatic N) is 2. The fourth-order valence-electron chi connectivity index (χ4n) is 4.33. The van der Waals surface area contributed by atoms with Crippen molar-refractivity contribution in [2.75, 3.05) is 46.5 Å². The maximum atomic E-state index is 12.7. The van der Waals surface area contributed by atoms with Crippen LogP contribution in [0, 0.1) is 12.8 Å². The van der Waals surface area contributed by atoms with Gasteiger partial charge < -0.3 is 14.4 Å². The Balaban J connectivity index is 1.49. The van der Waals surface area contributed by atoms with Crippen LogP contribution in [-0.2, 0) is 20.8 Å². The van der Waals surface area contributed by atoms with Crippen molar-refractivity contribution in [1.82, 2.24) is 9.80 Å². The Labute approximate surface area is 170 Å². The van der Waals surface area contributed by atoms with Crippen molar-refractivity contribution in [2.45, 2.75) is 51.7 Å². The number of rotatable bonds is 9. The molecule has 1 aromatic rings. The Kier molecular flexibility index (Phi) is 8.31. The third-order valence-electron chi connectivity index (χ3n) is 6.16. The first kappa shape index (κ1) is 21.3. The first-order valence-electron chi connectivity index (χ1n) is 10.8. The van der Waals surface area contributed by atoms with E-state index in [9.17, 15) is 4.79 Å². The van der Waals surface area contributed by atoms with E-state index in [1.807, 2.05) is 0 Å². The molecule has 0 saturated carbocycles. The molecule has 2 aliphatic rings. The number of likely N-dealkylation sites (tertiary alicyclic amines) is 1. The Morgan fingerprint density at radius 3 is 2.68 bits per heavy atom. The Morgan fingerprint density at radius 1 is 1.21 bits per heavy atom. The number of hydrogen-bond acceptors (Lipinski definition) is 4. The van der Waals surface area contributed by atoms with Gasteiger partial charge in [0.1, 0.15) is 0 Å². The van der Waals surface area contributed by atoms with E-state index < -0.39 is 0 Å². The average Bonchev–Trinajstić information content (AvgIpc) is 3.22. The molecular formula is C23H36N2O3. The van der Waals surface area contributed by atoms with Gasteiger partial charge >= 0.3 is 0 Å². The van der Waals surface area contributed by atoms with Crippen LogP contribution in [0.25, 0.3) is 0 Å². The minimum absolute atomic E-state index is 0.208. The van der Waals surface area contributed by atoms with Crippen LogP contribution in [-0.4, -0.2) is 68.3 Å². The molecule has 2 saturated heterocycles. The number of benzene rings is 1. The number of methoxy groups -OCH3 is 1. The van der Waals surface area contributed by atoms with Crippen molar-refractivity contribution in [3.8, 4) is 0 Å². The number of carbonyl (C=O) groups excluding carboxylic acids is 1. The lowest BCUT2D eigenvalue weighted by Gasteiger charge is -2.36. The maximum Gasteiger partial charge on any atom is 0.224 e. The first-order valence-corrected chi connectivity index (χ1v) is 10.8. The van der Waals surface area contributed by atoms with Gasteiger partial charge in [0.2, 0.25) is 5.91 Å². The molecule has 3 rings (SSSR count). The lowest BCUT2D eigenvalue weighted by Crippen LogP contribution is -2.43. The monoisotopic (exact) mass is 388 g/mol. The van der Waals surface area contributed by atoms with E-state index in [-0.39, 0.29) is 12.0 Å². The lowest BCUT2D eigenvalue weighted by molar-refractivity contribution is -0.134. The number of hydrogen-bond donors (Lipinski definition) is 0. The first-order chi connectivity index (χ1) is 13.7. The lowest BCUT2D eigenvalue weighted by atomic mass is 9.95. The zero-order chi connectivity index (χ0) is 19.8. The molecular weight excluding hydrogens is 352 g/mol. The van der Waals surface area contributed by atoms with E-state index in [2.05, 4.69) is 41.0 Å². The molecule has 1 unspecified atom stereocenters. The fraction of sp³-hybridized carbons (Fsp3) is 0.696. The van der Waals surface area contributed by atoms with Gasteiger partial charge in [0.25, 0.3) is 0 Å². The van der Waals surface area contributed by atoms with Crippen molar-refractivity contribution in [1.29, 1.82) is 0 Å². The normalized spacial score (nSPS) is 21.1. The zero-order valence-corrected chi connectivity index (χ0v) is 17.6. The molecule has 0 spiro atoms. The van der Waals surface area contributed by atoms with Gasteiger partial charge in [-0.15, -0.1) is 0 Å². The van der Waals surface area contributed by atoms with Crippen molar-refractivity contribution in [3.05, 3.63) is 35.4 Å². The van der Waals surface area contributed by atoms with Crippen LogP contribution in [0.5, 0.6) is 0 Å². The molecule has 2 fully saturated rings. The molecule has 2 heterocycles. The molecule has 156 valence electrons. The van der Waals surface area contributed by atoms with Gasteiger partial charge in [-0.3, -0.25) is 9.69 Å². The molecule has 1 aromatic carbocycles. The van der Waals surface area contributed by atoms with Crippen LogP contribution in [0.4, 0.5) is 0 Å². The summed E-state index contributed by atoms with van der Waals surface area (Å²) in [4.78, 5) is 17.3. The van der Waals surface area contributed by atoms with Gasteiger partial charge in [0.15, 0.2) is 0 Å². The minimum Gasteiger partial charge on any atom is -0.384 e. The number of amides is 1. The second-order valence-electron chi connectivity index (χ2n) is 8.32. The smallest absolute Gasteiger partial charge is 0.224 e. The van der Waals surface area contributed by atoms with Gasteiger partial charge in [0, 0.05) is 33.4 Å². The molecule has 5 nitrogen and oxygen atoms in total. The molecule has 0 aliphatic carbocycles. The summed E-state index contributed by atoms with van der Waals surface area (Å²) in [5.74, 6) is 0.792. The van der Waals surface area contributed by atoms with Crippen LogP contribution in [0.1, 0.15) is 43.2 Å². The number of piperidine rings is 1. The van der Waals surface area contributed by atoms with Crippen molar-refractivity contribution >= 4 is 5.91 Å². The third-order valence-corrected chi connectivity index (χ3v) is 6.16. The van der Waals surface area contributed by atoms with Crippen LogP contribution in [0.2, 0.25) is 0 Å². The SMILES string of the molecule is COCCC(=O)N(CC1CCN(Cc2ccccc2C)CC1)CC1CCCO1. The molecule has 0 bridgehead atoms. The van der Waals surface area contributed by atoms with E-state index >= 15 is 0 Å². The summed E-state index contributed by atoms with van der Waals surface area (Å²) in [7, 11) is 1.65. The Morgan fingerprint density at radius 2 is 2.00 bits per heavy atom. The van der Waals surface area contributed by atoms with Crippen molar-refractivity contribution in [2.24, 2.45) is 5.92 Å². The average molecular weight is 389 g/mol. The van der Waals surface area contributed by atoms with E-state index in [4.69, 9.17) is 9.47 Å².